The van der Waals surface area contributed by atoms with Crippen LogP contribution in [0.1, 0.15) is 58.3 Å². The van der Waals surface area contributed by atoms with Gasteiger partial charge < -0.3 is 8.85 Å². The SMILES string of the molecule is CO[SiH](CCCCCC1CCC(C)CC1)OC. The molecule has 0 aromatic carbocycles. The van der Waals surface area contributed by atoms with Crippen LogP contribution in [0.5, 0.6) is 0 Å². The lowest BCUT2D eigenvalue weighted by Crippen LogP contribution is -2.18. The molecule has 0 saturated heterocycles. The maximum Gasteiger partial charge on any atom is 0.320 e. The van der Waals surface area contributed by atoms with E-state index >= 15 is 0 Å². The van der Waals surface area contributed by atoms with Crippen LogP contribution in [-0.2, 0) is 8.85 Å². The summed E-state index contributed by atoms with van der Waals surface area (Å²) >= 11 is 0. The highest BCUT2D eigenvalue weighted by Crippen LogP contribution is 2.31. The highest BCUT2D eigenvalue weighted by Gasteiger charge is 2.17. The van der Waals surface area contributed by atoms with E-state index in [4.69, 9.17) is 8.85 Å². The summed E-state index contributed by atoms with van der Waals surface area (Å²) in [6.45, 7) is 2.40. The van der Waals surface area contributed by atoms with Crippen molar-refractivity contribution in [2.45, 2.75) is 64.3 Å². The predicted molar refractivity (Wildman–Crippen MR) is 75.6 cm³/mol. The molecule has 0 unspecified atom stereocenters. The fourth-order valence-electron chi connectivity index (χ4n) is 2.87. The van der Waals surface area contributed by atoms with Crippen LogP contribution in [-0.4, -0.2) is 23.5 Å². The van der Waals surface area contributed by atoms with Crippen molar-refractivity contribution < 1.29 is 8.85 Å². The van der Waals surface area contributed by atoms with Crippen molar-refractivity contribution in [3.05, 3.63) is 0 Å². The fourth-order valence-corrected chi connectivity index (χ4v) is 4.16. The van der Waals surface area contributed by atoms with Crippen LogP contribution in [0.15, 0.2) is 0 Å². The Bertz CT molecular complexity index is 175. The first-order chi connectivity index (χ1) is 8.26. The van der Waals surface area contributed by atoms with E-state index in [0.29, 0.717) is 0 Å². The minimum Gasteiger partial charge on any atom is -0.400 e. The van der Waals surface area contributed by atoms with Gasteiger partial charge in [0.2, 0.25) is 0 Å². The molecular weight excluding hydrogens is 228 g/mol. The van der Waals surface area contributed by atoms with Crippen LogP contribution in [0, 0.1) is 11.8 Å². The van der Waals surface area contributed by atoms with Crippen LogP contribution in [0.4, 0.5) is 0 Å². The molecule has 1 fully saturated rings. The van der Waals surface area contributed by atoms with Gasteiger partial charge in [-0.05, 0) is 17.9 Å². The van der Waals surface area contributed by atoms with Crippen LogP contribution < -0.4 is 0 Å². The van der Waals surface area contributed by atoms with Crippen molar-refractivity contribution in [3.8, 4) is 0 Å². The van der Waals surface area contributed by atoms with E-state index in [1.54, 1.807) is 14.2 Å². The second-order valence-electron chi connectivity index (χ2n) is 5.66. The molecule has 2 nitrogen and oxygen atoms in total. The maximum atomic E-state index is 5.32. The van der Waals surface area contributed by atoms with Gasteiger partial charge in [0.1, 0.15) is 0 Å². The molecule has 0 spiro atoms. The highest BCUT2D eigenvalue weighted by atomic mass is 28.3. The van der Waals surface area contributed by atoms with E-state index in [-0.39, 0.29) is 0 Å². The fraction of sp³-hybridized carbons (Fsp3) is 1.00. The van der Waals surface area contributed by atoms with Crippen molar-refractivity contribution in [1.29, 1.82) is 0 Å². The first-order valence-corrected chi connectivity index (χ1v) is 9.07. The molecule has 0 N–H and O–H groups in total. The summed E-state index contributed by atoms with van der Waals surface area (Å²) in [7, 11) is 2.29. The Balaban J connectivity index is 1.93. The van der Waals surface area contributed by atoms with Gasteiger partial charge in [-0.3, -0.25) is 0 Å². The number of hydrogen-bond acceptors (Lipinski definition) is 2. The van der Waals surface area contributed by atoms with Crippen LogP contribution >= 0.6 is 0 Å². The molecule has 1 saturated carbocycles. The Hall–Kier alpha value is 0.137. The number of rotatable bonds is 8. The summed E-state index contributed by atoms with van der Waals surface area (Å²) in [6, 6.07) is 1.18. The number of hydrogen-bond donors (Lipinski definition) is 0. The Morgan fingerprint density at radius 1 is 0.941 bits per heavy atom. The quantitative estimate of drug-likeness (QED) is 0.486. The molecule has 0 amide bonds. The lowest BCUT2D eigenvalue weighted by atomic mass is 9.80. The molecule has 1 aliphatic rings. The van der Waals surface area contributed by atoms with Crippen molar-refractivity contribution in [1.82, 2.24) is 0 Å². The molecule has 0 heterocycles. The Kier molecular flexibility index (Phi) is 8.15. The molecule has 0 bridgehead atoms. The first kappa shape index (κ1) is 15.2. The second kappa shape index (κ2) is 9.12. The molecule has 1 aliphatic carbocycles. The zero-order chi connectivity index (χ0) is 12.5. The zero-order valence-corrected chi connectivity index (χ0v) is 13.1. The van der Waals surface area contributed by atoms with E-state index < -0.39 is 9.28 Å². The van der Waals surface area contributed by atoms with Crippen molar-refractivity contribution >= 4 is 9.28 Å². The van der Waals surface area contributed by atoms with Gasteiger partial charge in [0.15, 0.2) is 0 Å². The summed E-state index contributed by atoms with van der Waals surface area (Å²) in [6.07, 6.45) is 11.4. The van der Waals surface area contributed by atoms with Gasteiger partial charge in [-0.25, -0.2) is 0 Å². The normalized spacial score (nSPS) is 25.4. The Labute approximate surface area is 109 Å². The summed E-state index contributed by atoms with van der Waals surface area (Å²) in [5.41, 5.74) is 0. The predicted octanol–water partition coefficient (Wildman–Crippen LogP) is 3.89. The molecular formula is C14H30O2Si. The molecule has 17 heavy (non-hydrogen) atoms. The van der Waals surface area contributed by atoms with E-state index in [0.717, 1.165) is 11.8 Å². The molecule has 1 rings (SSSR count). The largest absolute Gasteiger partial charge is 0.400 e. The van der Waals surface area contributed by atoms with Gasteiger partial charge in [-0.1, -0.05) is 58.3 Å². The smallest absolute Gasteiger partial charge is 0.320 e. The summed E-state index contributed by atoms with van der Waals surface area (Å²) in [5, 5.41) is 0. The molecule has 102 valence electrons. The summed E-state index contributed by atoms with van der Waals surface area (Å²) in [4.78, 5) is 0. The van der Waals surface area contributed by atoms with Crippen molar-refractivity contribution in [3.63, 3.8) is 0 Å². The minimum absolute atomic E-state index is 0.987. The average Bonchev–Trinajstić information content (AvgIpc) is 2.36. The molecule has 0 aromatic rings. The molecule has 3 heteroatoms. The van der Waals surface area contributed by atoms with E-state index in [1.165, 1.54) is 57.4 Å². The van der Waals surface area contributed by atoms with Gasteiger partial charge in [0.25, 0.3) is 0 Å². The minimum atomic E-state index is -1.28. The molecule has 0 aromatic heterocycles. The molecule has 0 aliphatic heterocycles. The lowest BCUT2D eigenvalue weighted by molar-refractivity contribution is 0.268. The second-order valence-corrected chi connectivity index (χ2v) is 8.04. The van der Waals surface area contributed by atoms with Gasteiger partial charge >= 0.3 is 9.28 Å². The average molecular weight is 258 g/mol. The maximum absolute atomic E-state index is 5.32. The first-order valence-electron chi connectivity index (χ1n) is 7.31. The third kappa shape index (κ3) is 6.58. The van der Waals surface area contributed by atoms with Crippen LogP contribution in [0.25, 0.3) is 0 Å². The topological polar surface area (TPSA) is 18.5 Å². The summed E-state index contributed by atoms with van der Waals surface area (Å²) < 4.78 is 10.6. The van der Waals surface area contributed by atoms with E-state index in [2.05, 4.69) is 6.92 Å². The van der Waals surface area contributed by atoms with Crippen molar-refractivity contribution in [2.75, 3.05) is 14.2 Å². The Morgan fingerprint density at radius 3 is 2.18 bits per heavy atom. The Morgan fingerprint density at radius 2 is 1.59 bits per heavy atom. The standard InChI is InChI=1S/C14H30O2Si/c1-13-8-10-14(11-9-13)7-5-4-6-12-17(15-2)16-3/h13-14,17H,4-12H2,1-3H3. The van der Waals surface area contributed by atoms with Gasteiger partial charge in [-0.2, -0.15) is 0 Å². The van der Waals surface area contributed by atoms with Gasteiger partial charge in [-0.15, -0.1) is 0 Å². The third-order valence-electron chi connectivity index (χ3n) is 4.21. The van der Waals surface area contributed by atoms with Crippen LogP contribution in [0.3, 0.4) is 0 Å². The zero-order valence-electron chi connectivity index (χ0n) is 11.9. The molecule has 0 radical (unpaired) electrons. The monoisotopic (exact) mass is 258 g/mol. The van der Waals surface area contributed by atoms with Crippen LogP contribution in [0.2, 0.25) is 6.04 Å². The molecule has 0 atom stereocenters. The van der Waals surface area contributed by atoms with Gasteiger partial charge in [0.05, 0.1) is 0 Å². The van der Waals surface area contributed by atoms with E-state index in [1.807, 2.05) is 0 Å². The highest BCUT2D eigenvalue weighted by molar-refractivity contribution is 6.44. The lowest BCUT2D eigenvalue weighted by Gasteiger charge is -2.26. The summed E-state index contributed by atoms with van der Waals surface area (Å²) in [5.74, 6) is 2.02. The van der Waals surface area contributed by atoms with Crippen molar-refractivity contribution in [2.24, 2.45) is 11.8 Å². The van der Waals surface area contributed by atoms with Gasteiger partial charge in [0, 0.05) is 14.2 Å². The third-order valence-corrected chi connectivity index (χ3v) is 6.14. The van der Waals surface area contributed by atoms with E-state index in [9.17, 15) is 0 Å². The number of unbranched alkanes of at least 4 members (excludes halogenated alkanes) is 2.